The largest absolute Gasteiger partial charge is 0.416 e. The Labute approximate surface area is 125 Å². The van der Waals surface area contributed by atoms with E-state index in [9.17, 15) is 13.2 Å². The standard InChI is InChI=1S/C15H13F3N4/c16-15(17,18)12-7-5-10(6-8-12)13-4-2-1-3-11(13)9-21-22-14(19)20/h1-9H,(H4,19,20,22). The fourth-order valence-electron chi connectivity index (χ4n) is 1.87. The van der Waals surface area contributed by atoms with E-state index in [0.717, 1.165) is 17.7 Å². The minimum Gasteiger partial charge on any atom is -0.369 e. The highest BCUT2D eigenvalue weighted by molar-refractivity contribution is 5.90. The van der Waals surface area contributed by atoms with Crippen molar-refractivity contribution in [3.8, 4) is 11.1 Å². The lowest BCUT2D eigenvalue weighted by molar-refractivity contribution is -0.137. The van der Waals surface area contributed by atoms with Crippen molar-refractivity contribution < 1.29 is 13.2 Å². The lowest BCUT2D eigenvalue weighted by Gasteiger charge is -2.09. The van der Waals surface area contributed by atoms with Crippen LogP contribution in [0.2, 0.25) is 0 Å². The van der Waals surface area contributed by atoms with Crippen LogP contribution in [-0.4, -0.2) is 12.2 Å². The van der Waals surface area contributed by atoms with Crippen LogP contribution in [0.1, 0.15) is 11.1 Å². The van der Waals surface area contributed by atoms with Gasteiger partial charge in [-0.3, -0.25) is 0 Å². The summed E-state index contributed by atoms with van der Waals surface area (Å²) in [5.41, 5.74) is 11.7. The second kappa shape index (κ2) is 6.30. The summed E-state index contributed by atoms with van der Waals surface area (Å²) >= 11 is 0. The Balaban J connectivity index is 2.37. The first-order valence-electron chi connectivity index (χ1n) is 6.26. The molecule has 2 aromatic rings. The SMILES string of the molecule is NC(N)=NN=Cc1ccccc1-c1ccc(C(F)(F)F)cc1. The number of guanidine groups is 1. The lowest BCUT2D eigenvalue weighted by atomic mass is 9.99. The van der Waals surface area contributed by atoms with Crippen LogP contribution in [0.4, 0.5) is 13.2 Å². The highest BCUT2D eigenvalue weighted by atomic mass is 19.4. The topological polar surface area (TPSA) is 76.8 Å². The highest BCUT2D eigenvalue weighted by Gasteiger charge is 2.29. The Hall–Kier alpha value is -2.83. The van der Waals surface area contributed by atoms with Crippen LogP contribution in [-0.2, 0) is 6.18 Å². The first-order chi connectivity index (χ1) is 10.4. The van der Waals surface area contributed by atoms with Crippen LogP contribution in [0.5, 0.6) is 0 Å². The number of halogens is 3. The Kier molecular flexibility index (Phi) is 4.45. The third kappa shape index (κ3) is 3.85. The Morgan fingerprint density at radius 3 is 2.18 bits per heavy atom. The van der Waals surface area contributed by atoms with Gasteiger partial charge >= 0.3 is 6.18 Å². The first kappa shape index (κ1) is 15.6. The van der Waals surface area contributed by atoms with Crippen LogP contribution in [0, 0.1) is 0 Å². The smallest absolute Gasteiger partial charge is 0.369 e. The van der Waals surface area contributed by atoms with Crippen LogP contribution in [0.25, 0.3) is 11.1 Å². The summed E-state index contributed by atoms with van der Waals surface area (Å²) in [6, 6.07) is 12.0. The van der Waals surface area contributed by atoms with Crippen LogP contribution >= 0.6 is 0 Å². The minimum atomic E-state index is -4.35. The van der Waals surface area contributed by atoms with Gasteiger partial charge in [-0.1, -0.05) is 36.4 Å². The minimum absolute atomic E-state index is 0.178. The van der Waals surface area contributed by atoms with E-state index in [1.807, 2.05) is 0 Å². The number of benzene rings is 2. The average molecular weight is 306 g/mol. The molecule has 2 rings (SSSR count). The van der Waals surface area contributed by atoms with Crippen molar-refractivity contribution in [1.82, 2.24) is 0 Å². The number of nitrogens with two attached hydrogens (primary N) is 2. The molecule has 0 aliphatic carbocycles. The van der Waals surface area contributed by atoms with Crippen molar-refractivity contribution in [3.63, 3.8) is 0 Å². The van der Waals surface area contributed by atoms with Gasteiger partial charge in [0.1, 0.15) is 0 Å². The van der Waals surface area contributed by atoms with Crippen LogP contribution < -0.4 is 11.5 Å². The molecule has 22 heavy (non-hydrogen) atoms. The molecule has 114 valence electrons. The van der Waals surface area contributed by atoms with Crippen molar-refractivity contribution in [2.45, 2.75) is 6.18 Å². The predicted molar refractivity (Wildman–Crippen MR) is 80.3 cm³/mol. The first-order valence-corrected chi connectivity index (χ1v) is 6.26. The quantitative estimate of drug-likeness (QED) is 0.519. The van der Waals surface area contributed by atoms with Gasteiger partial charge in [-0.2, -0.15) is 18.3 Å². The summed E-state index contributed by atoms with van der Waals surface area (Å²) in [7, 11) is 0. The molecule has 0 aliphatic heterocycles. The highest BCUT2D eigenvalue weighted by Crippen LogP contribution is 2.31. The van der Waals surface area contributed by atoms with E-state index in [1.165, 1.54) is 18.3 Å². The van der Waals surface area contributed by atoms with E-state index in [0.29, 0.717) is 11.1 Å². The zero-order chi connectivity index (χ0) is 16.2. The second-order valence-corrected chi connectivity index (χ2v) is 4.43. The molecular formula is C15H13F3N4. The molecular weight excluding hydrogens is 293 g/mol. The van der Waals surface area contributed by atoms with Crippen molar-refractivity contribution >= 4 is 12.2 Å². The molecule has 0 aromatic heterocycles. The number of alkyl halides is 3. The Morgan fingerprint density at radius 2 is 1.59 bits per heavy atom. The van der Waals surface area contributed by atoms with Crippen molar-refractivity contribution in [2.24, 2.45) is 21.7 Å². The van der Waals surface area contributed by atoms with E-state index in [4.69, 9.17) is 11.5 Å². The van der Waals surface area contributed by atoms with Crippen molar-refractivity contribution in [2.75, 3.05) is 0 Å². The summed E-state index contributed by atoms with van der Waals surface area (Å²) in [4.78, 5) is 0. The maximum Gasteiger partial charge on any atom is 0.416 e. The molecule has 2 aromatic carbocycles. The van der Waals surface area contributed by atoms with Gasteiger partial charge in [0.05, 0.1) is 11.8 Å². The Morgan fingerprint density at radius 1 is 0.955 bits per heavy atom. The summed E-state index contributed by atoms with van der Waals surface area (Å²) in [5, 5.41) is 7.21. The summed E-state index contributed by atoms with van der Waals surface area (Å²) in [5.74, 6) is -0.178. The molecule has 0 saturated carbocycles. The van der Waals surface area contributed by atoms with Gasteiger partial charge < -0.3 is 11.5 Å². The van der Waals surface area contributed by atoms with Gasteiger partial charge in [-0.05, 0) is 23.3 Å². The predicted octanol–water partition coefficient (Wildman–Crippen LogP) is 2.98. The van der Waals surface area contributed by atoms with Gasteiger partial charge in [-0.15, -0.1) is 5.10 Å². The number of hydrogen-bond acceptors (Lipinski definition) is 2. The molecule has 0 unspecified atom stereocenters. The maximum atomic E-state index is 12.6. The molecule has 0 fully saturated rings. The van der Waals surface area contributed by atoms with Gasteiger partial charge in [0.25, 0.3) is 0 Å². The molecule has 0 bridgehead atoms. The molecule has 0 atom stereocenters. The molecule has 0 saturated heterocycles. The van der Waals surface area contributed by atoms with Crippen LogP contribution in [0.3, 0.4) is 0 Å². The third-order valence-corrected chi connectivity index (χ3v) is 2.85. The van der Waals surface area contributed by atoms with Gasteiger partial charge in [0, 0.05) is 5.56 Å². The monoisotopic (exact) mass is 306 g/mol. The van der Waals surface area contributed by atoms with E-state index in [2.05, 4.69) is 10.2 Å². The van der Waals surface area contributed by atoms with E-state index in [1.54, 1.807) is 24.3 Å². The fourth-order valence-corrected chi connectivity index (χ4v) is 1.87. The Bertz CT molecular complexity index is 699. The summed E-state index contributed by atoms with van der Waals surface area (Å²) < 4.78 is 37.8. The molecule has 0 spiro atoms. The summed E-state index contributed by atoms with van der Waals surface area (Å²) in [6.45, 7) is 0. The normalized spacial score (nSPS) is 11.6. The number of rotatable bonds is 3. The fraction of sp³-hybridized carbons (Fsp3) is 0.0667. The summed E-state index contributed by atoms with van der Waals surface area (Å²) in [6.07, 6.45) is -2.92. The average Bonchev–Trinajstić information content (AvgIpc) is 2.47. The van der Waals surface area contributed by atoms with Gasteiger partial charge in [0.15, 0.2) is 0 Å². The molecule has 4 nitrogen and oxygen atoms in total. The molecule has 0 aliphatic rings. The lowest BCUT2D eigenvalue weighted by Crippen LogP contribution is -2.21. The second-order valence-electron chi connectivity index (χ2n) is 4.43. The molecule has 4 N–H and O–H groups in total. The van der Waals surface area contributed by atoms with Crippen molar-refractivity contribution in [3.05, 3.63) is 59.7 Å². The zero-order valence-corrected chi connectivity index (χ0v) is 11.4. The number of hydrogen-bond donors (Lipinski definition) is 2. The molecule has 0 amide bonds. The van der Waals surface area contributed by atoms with E-state index in [-0.39, 0.29) is 5.96 Å². The van der Waals surface area contributed by atoms with E-state index >= 15 is 0 Å². The molecule has 0 heterocycles. The molecule has 7 heteroatoms. The zero-order valence-electron chi connectivity index (χ0n) is 11.4. The van der Waals surface area contributed by atoms with Gasteiger partial charge in [0.2, 0.25) is 5.96 Å². The number of nitrogens with zero attached hydrogens (tertiary/aromatic N) is 2. The van der Waals surface area contributed by atoms with Gasteiger partial charge in [-0.25, -0.2) is 0 Å². The van der Waals surface area contributed by atoms with Crippen LogP contribution in [0.15, 0.2) is 58.7 Å². The molecule has 0 radical (unpaired) electrons. The maximum absolute atomic E-state index is 12.6. The van der Waals surface area contributed by atoms with Crippen molar-refractivity contribution in [1.29, 1.82) is 0 Å². The van der Waals surface area contributed by atoms with E-state index < -0.39 is 11.7 Å². The third-order valence-electron chi connectivity index (χ3n) is 2.85.